The second-order valence-corrected chi connectivity index (χ2v) is 22.8. The fraction of sp³-hybridized carbons (Fsp3) is 0.936. The first-order chi connectivity index (χ1) is 30.3. The number of ether oxygens (including phenoxy) is 7. The van der Waals surface area contributed by atoms with Crippen molar-refractivity contribution >= 4 is 5.78 Å². The van der Waals surface area contributed by atoms with E-state index in [1.54, 1.807) is 0 Å². The van der Waals surface area contributed by atoms with Gasteiger partial charge in [0.2, 0.25) is 0 Å². The third kappa shape index (κ3) is 7.67. The maximum atomic E-state index is 15.1. The molecule has 0 bridgehead atoms. The first kappa shape index (κ1) is 50.1. The number of allylic oxidation sites excluding steroid dienone is 1. The van der Waals surface area contributed by atoms with Crippen LogP contribution in [-0.4, -0.2) is 186 Å². The minimum atomic E-state index is -1.98. The normalized spacial score (nSPS) is 53.4. The van der Waals surface area contributed by atoms with Gasteiger partial charge in [0.1, 0.15) is 66.3 Å². The summed E-state index contributed by atoms with van der Waals surface area (Å²) in [7, 11) is 0. The number of ketones is 1. The Morgan fingerprint density at radius 2 is 1.40 bits per heavy atom. The van der Waals surface area contributed by atoms with E-state index >= 15 is 4.79 Å². The SMILES string of the molecule is CC(C)(O[C@@H]1O[C@H](CO)[C@@H](O)[C@H](O)[C@H]1O)[C@@H]1CC[C@@](C)([C@H]2CC[C@@]3(C)[C@@H]4CC=C5[C@@H](CC[C@H](O[C@@H]6O[C@H](CO)[C@@H](O[C@@H]7OC[C@](O)(CO)[C@H]7O)[C@H](O)[C@H]6O)C5(C)C)[C@]4(C)C(=O)C[C@]23C)O1. The second-order valence-electron chi connectivity index (χ2n) is 22.8. The van der Waals surface area contributed by atoms with Crippen molar-refractivity contribution in [2.45, 2.75) is 210 Å². The highest BCUT2D eigenvalue weighted by Gasteiger charge is 2.73. The summed E-state index contributed by atoms with van der Waals surface area (Å²) in [5.41, 5.74) is -4.31. The van der Waals surface area contributed by atoms with Gasteiger partial charge in [-0.2, -0.15) is 0 Å². The lowest BCUT2D eigenvalue weighted by atomic mass is 9.38. The maximum Gasteiger partial charge on any atom is 0.187 e. The van der Waals surface area contributed by atoms with Crippen LogP contribution in [-0.2, 0) is 38.0 Å². The predicted molar refractivity (Wildman–Crippen MR) is 226 cm³/mol. The Kier molecular flexibility index (Phi) is 13.3. The number of carbonyl (C=O) groups is 1. The number of hydrogen-bond acceptors (Lipinski definition) is 18. The van der Waals surface area contributed by atoms with Crippen molar-refractivity contribution in [1.82, 2.24) is 0 Å². The summed E-state index contributed by atoms with van der Waals surface area (Å²) in [6.45, 7) is 14.4. The molecule has 8 rings (SSSR count). The summed E-state index contributed by atoms with van der Waals surface area (Å²) in [4.78, 5) is 15.1. The molecule has 22 atom stereocenters. The highest BCUT2D eigenvalue weighted by Crippen LogP contribution is 2.75. The van der Waals surface area contributed by atoms with E-state index in [-0.39, 0.29) is 34.4 Å². The van der Waals surface area contributed by atoms with Crippen molar-refractivity contribution in [3.8, 4) is 0 Å². The Hall–Kier alpha value is -1.27. The van der Waals surface area contributed by atoms with Gasteiger partial charge in [-0.3, -0.25) is 4.79 Å². The van der Waals surface area contributed by atoms with Gasteiger partial charge in [-0.1, -0.05) is 46.3 Å². The Bertz CT molecular complexity index is 1790. The molecular formula is C47H76O18. The number of aliphatic hydroxyl groups excluding tert-OH is 9. The molecule has 0 aromatic rings. The van der Waals surface area contributed by atoms with Crippen LogP contribution in [0.4, 0.5) is 0 Å². The van der Waals surface area contributed by atoms with Gasteiger partial charge in [-0.15, -0.1) is 0 Å². The largest absolute Gasteiger partial charge is 0.394 e. The number of fused-ring (bicyclic) bond motifs is 5. The molecule has 0 spiro atoms. The average molecular weight is 929 g/mol. The van der Waals surface area contributed by atoms with Gasteiger partial charge in [0.05, 0.1) is 49.8 Å². The van der Waals surface area contributed by atoms with Gasteiger partial charge >= 0.3 is 0 Å². The van der Waals surface area contributed by atoms with Gasteiger partial charge in [0.25, 0.3) is 0 Å². The molecule has 3 saturated carbocycles. The summed E-state index contributed by atoms with van der Waals surface area (Å²) < 4.78 is 42.7. The zero-order valence-corrected chi connectivity index (χ0v) is 39.1. The number of carbonyl (C=O) groups excluding carboxylic acids is 1. The smallest absolute Gasteiger partial charge is 0.187 e. The van der Waals surface area contributed by atoms with Crippen molar-refractivity contribution in [2.75, 3.05) is 26.4 Å². The van der Waals surface area contributed by atoms with E-state index in [1.165, 1.54) is 0 Å². The lowest BCUT2D eigenvalue weighted by Crippen LogP contribution is -2.65. The Morgan fingerprint density at radius 1 is 0.738 bits per heavy atom. The second kappa shape index (κ2) is 17.2. The minimum absolute atomic E-state index is 0.0525. The van der Waals surface area contributed by atoms with Crippen LogP contribution in [0.15, 0.2) is 11.6 Å². The van der Waals surface area contributed by atoms with Gasteiger partial charge in [0.15, 0.2) is 18.9 Å². The molecule has 10 N–H and O–H groups in total. The fourth-order valence-corrected chi connectivity index (χ4v) is 14.3. The molecule has 4 aliphatic heterocycles. The summed E-state index contributed by atoms with van der Waals surface area (Å²) in [5.74, 6) is 0.284. The van der Waals surface area contributed by atoms with E-state index in [0.717, 1.165) is 24.8 Å². The molecule has 4 heterocycles. The molecule has 65 heavy (non-hydrogen) atoms. The monoisotopic (exact) mass is 929 g/mol. The molecule has 0 radical (unpaired) electrons. The molecule has 4 aliphatic carbocycles. The van der Waals surface area contributed by atoms with Crippen molar-refractivity contribution in [2.24, 2.45) is 39.4 Å². The summed E-state index contributed by atoms with van der Waals surface area (Å²) in [5, 5.41) is 105. The molecule has 18 heteroatoms. The number of hydrogen-bond donors (Lipinski definition) is 10. The van der Waals surface area contributed by atoms with E-state index in [1.807, 2.05) is 13.8 Å². The molecule has 372 valence electrons. The molecule has 7 fully saturated rings. The zero-order valence-electron chi connectivity index (χ0n) is 39.1. The zero-order chi connectivity index (χ0) is 47.6. The van der Waals surface area contributed by atoms with E-state index in [9.17, 15) is 51.1 Å². The van der Waals surface area contributed by atoms with Crippen LogP contribution in [0.5, 0.6) is 0 Å². The lowest BCUT2D eigenvalue weighted by molar-refractivity contribution is -0.341. The molecule has 0 aromatic carbocycles. The van der Waals surface area contributed by atoms with Crippen molar-refractivity contribution in [3.63, 3.8) is 0 Å². The van der Waals surface area contributed by atoms with Gasteiger partial charge in [0, 0.05) is 17.3 Å². The van der Waals surface area contributed by atoms with Crippen LogP contribution in [0.1, 0.15) is 107 Å². The fourth-order valence-electron chi connectivity index (χ4n) is 14.3. The van der Waals surface area contributed by atoms with Crippen LogP contribution < -0.4 is 0 Å². The Balaban J connectivity index is 0.959. The topological polar surface area (TPSA) is 284 Å². The maximum absolute atomic E-state index is 15.1. The predicted octanol–water partition coefficient (Wildman–Crippen LogP) is -0.0466. The van der Waals surface area contributed by atoms with Crippen molar-refractivity contribution in [1.29, 1.82) is 0 Å². The molecule has 8 aliphatic rings. The lowest BCUT2D eigenvalue weighted by Gasteiger charge is -2.65. The van der Waals surface area contributed by atoms with Gasteiger partial charge in [-0.25, -0.2) is 0 Å². The molecule has 0 aromatic heterocycles. The van der Waals surface area contributed by atoms with Crippen LogP contribution in [0.2, 0.25) is 0 Å². The van der Waals surface area contributed by atoms with E-state index < -0.39 is 140 Å². The number of rotatable bonds is 11. The van der Waals surface area contributed by atoms with Crippen LogP contribution >= 0.6 is 0 Å². The van der Waals surface area contributed by atoms with Gasteiger partial charge in [-0.05, 0) is 94.3 Å². The highest BCUT2D eigenvalue weighted by molar-refractivity contribution is 5.88. The summed E-state index contributed by atoms with van der Waals surface area (Å²) in [6, 6.07) is 0. The molecule has 4 saturated heterocycles. The van der Waals surface area contributed by atoms with Crippen LogP contribution in [0.3, 0.4) is 0 Å². The number of aliphatic hydroxyl groups is 10. The van der Waals surface area contributed by atoms with E-state index in [4.69, 9.17) is 33.2 Å². The first-order valence-corrected chi connectivity index (χ1v) is 23.7. The summed E-state index contributed by atoms with van der Waals surface area (Å²) in [6.07, 6.45) is -10.5. The minimum Gasteiger partial charge on any atom is -0.394 e. The standard InChI is InChI=1S/C47H76O18/c1-41(2)22-9-11-27-43(5)15-13-26(45(7)16-14-30(64-45)42(3,4)65-39-34(55)32(53)31(52)24(18-48)60-39)44(43,6)17-28(51)46(27,8)23(22)10-12-29(41)62-38-35(56)33(54)36(25(19-49)61-38)63-40-37(57)47(58,20-50)21-59-40/h9,23-27,29-40,48-50,52-58H,10-21H2,1-8H3/t23-,24-,25-,26+,27+,29+,30+,31-,32+,33-,34-,35-,36-,37+,38+,39+,40+,43+,44-,45+,46+,47-/m1/s1. The molecule has 18 nitrogen and oxygen atoms in total. The van der Waals surface area contributed by atoms with Crippen molar-refractivity contribution < 1.29 is 89.0 Å². The molecule has 0 amide bonds. The quantitative estimate of drug-likeness (QED) is 0.122. The van der Waals surface area contributed by atoms with E-state index in [0.29, 0.717) is 32.1 Å². The highest BCUT2D eigenvalue weighted by atomic mass is 16.7. The first-order valence-electron chi connectivity index (χ1n) is 23.7. The Labute approximate surface area is 381 Å². The van der Waals surface area contributed by atoms with Crippen LogP contribution in [0.25, 0.3) is 0 Å². The van der Waals surface area contributed by atoms with Crippen molar-refractivity contribution in [3.05, 3.63) is 11.6 Å². The molecule has 0 unspecified atom stereocenters. The third-order valence-electron chi connectivity index (χ3n) is 18.7. The van der Waals surface area contributed by atoms with E-state index in [2.05, 4.69) is 47.6 Å². The van der Waals surface area contributed by atoms with Gasteiger partial charge < -0.3 is 84.2 Å². The summed E-state index contributed by atoms with van der Waals surface area (Å²) >= 11 is 0. The van der Waals surface area contributed by atoms with Crippen LogP contribution in [0, 0.1) is 39.4 Å². The third-order valence-corrected chi connectivity index (χ3v) is 18.7. The molecular weight excluding hydrogens is 852 g/mol. The Morgan fingerprint density at radius 3 is 2.05 bits per heavy atom. The number of Topliss-reactive ketones (excluding diaryl/α,β-unsaturated/α-hetero) is 1. The average Bonchev–Trinajstić information content (AvgIpc) is 3.89.